The summed E-state index contributed by atoms with van der Waals surface area (Å²) in [6, 6.07) is 18.4. The van der Waals surface area contributed by atoms with Crippen LogP contribution in [0.5, 0.6) is 17.2 Å². The molecule has 3 aromatic carbocycles. The number of carbonyl (C=O) groups is 3. The number of para-hydroxylation sites is 1. The summed E-state index contributed by atoms with van der Waals surface area (Å²) < 4.78 is 16.0. The first-order valence-corrected chi connectivity index (χ1v) is 11.4. The minimum absolute atomic E-state index is 0.0984. The molecule has 36 heavy (non-hydrogen) atoms. The Kier molecular flexibility index (Phi) is 7.26. The van der Waals surface area contributed by atoms with Gasteiger partial charge in [0.05, 0.1) is 25.5 Å². The lowest BCUT2D eigenvalue weighted by Gasteiger charge is -2.19. The number of nitrogens with one attached hydrogen (secondary N) is 1. The van der Waals surface area contributed by atoms with Gasteiger partial charge in [0, 0.05) is 11.8 Å². The second kappa shape index (κ2) is 10.5. The van der Waals surface area contributed by atoms with E-state index in [2.05, 4.69) is 5.32 Å². The number of aryl methyl sites for hydroxylation is 1. The third-order valence-corrected chi connectivity index (χ3v) is 5.95. The van der Waals surface area contributed by atoms with E-state index < -0.39 is 17.8 Å². The first-order chi connectivity index (χ1) is 17.4. The van der Waals surface area contributed by atoms with E-state index in [1.807, 2.05) is 19.1 Å². The summed E-state index contributed by atoms with van der Waals surface area (Å²) in [4.78, 5) is 39.6. The maximum Gasteiger partial charge on any atom is 0.343 e. The molecule has 1 aliphatic rings. The van der Waals surface area contributed by atoms with Gasteiger partial charge in [-0.2, -0.15) is 0 Å². The summed E-state index contributed by atoms with van der Waals surface area (Å²) in [5.74, 6) is -0.624. The molecule has 0 aromatic heterocycles. The fourth-order valence-electron chi connectivity index (χ4n) is 3.69. The highest BCUT2D eigenvalue weighted by Gasteiger charge is 2.40. The van der Waals surface area contributed by atoms with Crippen LogP contribution in [0.2, 0.25) is 0 Å². The molecule has 1 aliphatic heterocycles. The van der Waals surface area contributed by atoms with Gasteiger partial charge in [0.2, 0.25) is 0 Å². The van der Waals surface area contributed by atoms with Gasteiger partial charge in [0.15, 0.2) is 0 Å². The largest absolute Gasteiger partial charge is 0.497 e. The molecule has 0 saturated carbocycles. The predicted molar refractivity (Wildman–Crippen MR) is 136 cm³/mol. The second-order valence-electron chi connectivity index (χ2n) is 7.73. The number of nitrogens with zero attached hydrogens (tertiary/aromatic N) is 1. The number of hydrogen-bond acceptors (Lipinski definition) is 7. The Bertz CT molecular complexity index is 1370. The van der Waals surface area contributed by atoms with Gasteiger partial charge in [-0.1, -0.05) is 36.7 Å². The molecule has 0 saturated heterocycles. The van der Waals surface area contributed by atoms with Gasteiger partial charge in [-0.15, -0.1) is 0 Å². The normalized spacial score (nSPS) is 13.2. The monoisotopic (exact) mass is 506 g/mol. The summed E-state index contributed by atoms with van der Waals surface area (Å²) >= 11 is 6.25. The minimum atomic E-state index is -0.703. The van der Waals surface area contributed by atoms with Crippen LogP contribution in [-0.2, 0) is 16.0 Å². The zero-order chi connectivity index (χ0) is 25.8. The quantitative estimate of drug-likeness (QED) is 0.263. The Morgan fingerprint density at radius 2 is 1.64 bits per heavy atom. The molecule has 0 fully saturated rings. The second-order valence-corrected chi connectivity index (χ2v) is 8.10. The number of carbonyl (C=O) groups excluding carboxylic acids is 3. The van der Waals surface area contributed by atoms with Crippen LogP contribution in [0.15, 0.2) is 77.5 Å². The van der Waals surface area contributed by atoms with Crippen molar-refractivity contribution in [2.45, 2.75) is 13.3 Å². The Balaban J connectivity index is 1.52. The van der Waals surface area contributed by atoms with Crippen LogP contribution >= 0.6 is 11.6 Å². The minimum Gasteiger partial charge on any atom is -0.497 e. The lowest BCUT2D eigenvalue weighted by molar-refractivity contribution is -0.120. The van der Waals surface area contributed by atoms with Crippen molar-refractivity contribution < 1.29 is 28.6 Å². The topological polar surface area (TPSA) is 94.2 Å². The number of imide groups is 1. The summed E-state index contributed by atoms with van der Waals surface area (Å²) in [6.07, 6.45) is 0.730. The summed E-state index contributed by atoms with van der Waals surface area (Å²) in [5, 5.41) is 2.61. The highest BCUT2D eigenvalue weighted by Crippen LogP contribution is 2.38. The van der Waals surface area contributed by atoms with Crippen LogP contribution in [0, 0.1) is 0 Å². The number of benzene rings is 3. The van der Waals surface area contributed by atoms with E-state index in [-0.39, 0.29) is 16.4 Å². The molecule has 9 heteroatoms. The van der Waals surface area contributed by atoms with Crippen molar-refractivity contribution in [2.24, 2.45) is 0 Å². The highest BCUT2D eigenvalue weighted by molar-refractivity contribution is 6.53. The van der Waals surface area contributed by atoms with Crippen molar-refractivity contribution in [3.63, 3.8) is 0 Å². The van der Waals surface area contributed by atoms with Crippen molar-refractivity contribution in [1.82, 2.24) is 0 Å². The number of esters is 1. The number of ether oxygens (including phenoxy) is 3. The van der Waals surface area contributed by atoms with Gasteiger partial charge in [-0.25, -0.2) is 9.69 Å². The lowest BCUT2D eigenvalue weighted by atomic mass is 10.1. The first kappa shape index (κ1) is 24.8. The van der Waals surface area contributed by atoms with Crippen molar-refractivity contribution in [1.29, 1.82) is 0 Å². The Morgan fingerprint density at radius 3 is 2.31 bits per heavy atom. The summed E-state index contributed by atoms with van der Waals surface area (Å²) in [7, 11) is 2.90. The molecule has 0 bridgehead atoms. The predicted octanol–water partition coefficient (Wildman–Crippen LogP) is 4.92. The molecule has 184 valence electrons. The SMILES string of the molecule is CCc1ccccc1OC(=O)c1ccc(NC2=C(Cl)C(=O)N(c3cc(OC)ccc3OC)C2=O)cc1. The number of rotatable bonds is 8. The summed E-state index contributed by atoms with van der Waals surface area (Å²) in [6.45, 7) is 1.98. The first-order valence-electron chi connectivity index (χ1n) is 11.1. The molecule has 3 aromatic rings. The lowest BCUT2D eigenvalue weighted by Crippen LogP contribution is -2.32. The van der Waals surface area contributed by atoms with E-state index in [0.717, 1.165) is 16.9 Å². The number of anilines is 2. The Hall–Kier alpha value is -4.30. The van der Waals surface area contributed by atoms with Crippen LogP contribution < -0.4 is 24.4 Å². The number of hydrogen-bond donors (Lipinski definition) is 1. The van der Waals surface area contributed by atoms with Crippen LogP contribution in [0.1, 0.15) is 22.8 Å². The van der Waals surface area contributed by atoms with E-state index in [9.17, 15) is 14.4 Å². The van der Waals surface area contributed by atoms with Crippen LogP contribution in [0.25, 0.3) is 0 Å². The fraction of sp³-hybridized carbons (Fsp3) is 0.148. The molecule has 8 nitrogen and oxygen atoms in total. The molecular weight excluding hydrogens is 484 g/mol. The van der Waals surface area contributed by atoms with E-state index in [4.69, 9.17) is 25.8 Å². The van der Waals surface area contributed by atoms with Crippen molar-refractivity contribution >= 4 is 40.8 Å². The van der Waals surface area contributed by atoms with Crippen molar-refractivity contribution in [3.8, 4) is 17.2 Å². The smallest absolute Gasteiger partial charge is 0.343 e. The van der Waals surface area contributed by atoms with Crippen LogP contribution in [0.4, 0.5) is 11.4 Å². The van der Waals surface area contributed by atoms with Gasteiger partial charge < -0.3 is 19.5 Å². The Morgan fingerprint density at radius 1 is 0.917 bits per heavy atom. The van der Waals surface area contributed by atoms with Crippen molar-refractivity contribution in [3.05, 3.63) is 88.6 Å². The molecule has 0 radical (unpaired) electrons. The standard InChI is InChI=1S/C27H23ClN2O6/c1-4-16-7-5-6-8-21(16)36-27(33)17-9-11-18(12-10-17)29-24-23(28)25(31)30(26(24)32)20-15-19(34-2)13-14-22(20)35-3/h5-15,29H,4H2,1-3H3. The van der Waals surface area contributed by atoms with Gasteiger partial charge in [-0.3, -0.25) is 9.59 Å². The molecule has 0 atom stereocenters. The molecule has 4 rings (SSSR count). The average Bonchev–Trinajstić information content (AvgIpc) is 3.11. The molecule has 0 unspecified atom stereocenters. The summed E-state index contributed by atoms with van der Waals surface area (Å²) in [5.41, 5.74) is 1.80. The van der Waals surface area contributed by atoms with Crippen molar-refractivity contribution in [2.75, 3.05) is 24.4 Å². The third-order valence-electron chi connectivity index (χ3n) is 5.60. The zero-order valence-electron chi connectivity index (χ0n) is 19.8. The van der Waals surface area contributed by atoms with Gasteiger partial charge in [-0.05, 0) is 54.4 Å². The maximum atomic E-state index is 13.2. The van der Waals surface area contributed by atoms with Crippen LogP contribution in [0.3, 0.4) is 0 Å². The van der Waals surface area contributed by atoms with E-state index in [1.165, 1.54) is 20.3 Å². The fourth-order valence-corrected chi connectivity index (χ4v) is 3.90. The zero-order valence-corrected chi connectivity index (χ0v) is 20.6. The van der Waals surface area contributed by atoms with E-state index in [0.29, 0.717) is 28.5 Å². The highest BCUT2D eigenvalue weighted by atomic mass is 35.5. The molecule has 1 N–H and O–H groups in total. The third kappa shape index (κ3) is 4.76. The number of halogens is 1. The molecular formula is C27H23ClN2O6. The molecule has 0 aliphatic carbocycles. The average molecular weight is 507 g/mol. The van der Waals surface area contributed by atoms with Gasteiger partial charge in [0.25, 0.3) is 11.8 Å². The van der Waals surface area contributed by atoms with Gasteiger partial charge in [0.1, 0.15) is 28.0 Å². The number of amides is 2. The number of methoxy groups -OCH3 is 2. The molecule has 1 heterocycles. The Labute approximate surface area is 213 Å². The molecule has 2 amide bonds. The van der Waals surface area contributed by atoms with E-state index >= 15 is 0 Å². The molecule has 0 spiro atoms. The van der Waals surface area contributed by atoms with Crippen LogP contribution in [-0.4, -0.2) is 32.0 Å². The van der Waals surface area contributed by atoms with E-state index in [1.54, 1.807) is 48.5 Å². The van der Waals surface area contributed by atoms with Gasteiger partial charge >= 0.3 is 5.97 Å². The maximum absolute atomic E-state index is 13.2.